The van der Waals surface area contributed by atoms with E-state index in [0.717, 1.165) is 34.2 Å². The molecular weight excluding hydrogens is 458 g/mol. The highest BCUT2D eigenvalue weighted by atomic mass is 32.2. The van der Waals surface area contributed by atoms with Gasteiger partial charge in [-0.3, -0.25) is 4.79 Å². The Balaban J connectivity index is 1.42. The Labute approximate surface area is 197 Å². The van der Waals surface area contributed by atoms with Gasteiger partial charge in [0, 0.05) is 19.1 Å². The number of oxime groups is 1. The second-order valence-corrected chi connectivity index (χ2v) is 11.6. The Morgan fingerprint density at radius 3 is 2.42 bits per heavy atom. The second kappa shape index (κ2) is 9.49. The molecule has 2 aromatic carbocycles. The lowest BCUT2D eigenvalue weighted by molar-refractivity contribution is -0.148. The lowest BCUT2D eigenvalue weighted by Gasteiger charge is -2.27. The highest BCUT2D eigenvalue weighted by molar-refractivity contribution is 7.92. The van der Waals surface area contributed by atoms with Crippen molar-refractivity contribution in [1.29, 1.82) is 0 Å². The Morgan fingerprint density at radius 2 is 1.79 bits per heavy atom. The van der Waals surface area contributed by atoms with E-state index >= 15 is 0 Å². The van der Waals surface area contributed by atoms with Crippen LogP contribution in [-0.4, -0.2) is 37.2 Å². The van der Waals surface area contributed by atoms with Gasteiger partial charge in [0.25, 0.3) is 0 Å². The third kappa shape index (κ3) is 5.17. The Morgan fingerprint density at radius 1 is 1.09 bits per heavy atom. The summed E-state index contributed by atoms with van der Waals surface area (Å²) in [5.41, 5.74) is 4.69. The molecule has 0 amide bonds. The van der Waals surface area contributed by atoms with Gasteiger partial charge in [-0.15, -0.1) is 0 Å². The molecule has 0 saturated carbocycles. The molecule has 6 nitrogen and oxygen atoms in total. The highest BCUT2D eigenvalue weighted by Crippen LogP contribution is 2.31. The van der Waals surface area contributed by atoms with E-state index in [1.54, 1.807) is 11.3 Å². The molecule has 2 heterocycles. The monoisotopic (exact) mass is 483 g/mol. The van der Waals surface area contributed by atoms with Crippen LogP contribution in [0.25, 0.3) is 11.1 Å². The molecule has 0 aliphatic carbocycles. The van der Waals surface area contributed by atoms with Gasteiger partial charge in [0.1, 0.15) is 12.7 Å². The van der Waals surface area contributed by atoms with E-state index in [0.29, 0.717) is 6.42 Å². The van der Waals surface area contributed by atoms with Crippen molar-refractivity contribution < 1.29 is 22.8 Å². The molecule has 0 radical (unpaired) electrons. The molecule has 0 bridgehead atoms. The zero-order valence-electron chi connectivity index (χ0n) is 18.4. The zero-order valence-corrected chi connectivity index (χ0v) is 20.1. The predicted molar refractivity (Wildman–Crippen MR) is 130 cm³/mol. The van der Waals surface area contributed by atoms with Crippen LogP contribution >= 0.6 is 11.3 Å². The summed E-state index contributed by atoms with van der Waals surface area (Å²) in [5, 5.41) is 8.29. The van der Waals surface area contributed by atoms with E-state index in [1.165, 1.54) is 6.92 Å². The SMILES string of the molecule is CC(CC1CC(c2ccc(-c3ccsc3)cc2)=NO1)(C(=O)OCc1ccccc1)S(C)(=O)=O. The van der Waals surface area contributed by atoms with Crippen molar-refractivity contribution in [2.45, 2.75) is 37.2 Å². The molecule has 0 spiro atoms. The molecule has 8 heteroatoms. The molecule has 4 rings (SSSR count). The van der Waals surface area contributed by atoms with Crippen molar-refractivity contribution in [2.24, 2.45) is 5.16 Å². The number of sulfone groups is 1. The van der Waals surface area contributed by atoms with E-state index in [2.05, 4.69) is 16.6 Å². The number of ether oxygens (including phenoxy) is 1. The number of rotatable bonds is 8. The van der Waals surface area contributed by atoms with Crippen molar-refractivity contribution in [1.82, 2.24) is 0 Å². The van der Waals surface area contributed by atoms with E-state index in [1.807, 2.05) is 60.0 Å². The van der Waals surface area contributed by atoms with Crippen molar-refractivity contribution in [3.63, 3.8) is 0 Å². The van der Waals surface area contributed by atoms with Gasteiger partial charge in [-0.1, -0.05) is 59.8 Å². The van der Waals surface area contributed by atoms with Crippen LogP contribution in [0.2, 0.25) is 0 Å². The molecule has 1 aliphatic heterocycles. The molecule has 0 N–H and O–H groups in total. The smallest absolute Gasteiger partial charge is 0.327 e. The molecule has 0 fully saturated rings. The first kappa shape index (κ1) is 23.2. The molecule has 0 saturated heterocycles. The average molecular weight is 484 g/mol. The molecule has 2 atom stereocenters. The summed E-state index contributed by atoms with van der Waals surface area (Å²) in [6.07, 6.45) is 0.880. The summed E-state index contributed by atoms with van der Waals surface area (Å²) in [4.78, 5) is 18.4. The van der Waals surface area contributed by atoms with Crippen LogP contribution in [0.5, 0.6) is 0 Å². The topological polar surface area (TPSA) is 82.0 Å². The van der Waals surface area contributed by atoms with Gasteiger partial charge in [-0.05, 0) is 46.0 Å². The molecule has 3 aromatic rings. The first-order valence-electron chi connectivity index (χ1n) is 10.5. The summed E-state index contributed by atoms with van der Waals surface area (Å²) in [6, 6.07) is 19.2. The van der Waals surface area contributed by atoms with Crippen LogP contribution in [0.4, 0.5) is 0 Å². The van der Waals surface area contributed by atoms with Gasteiger partial charge in [0.05, 0.1) is 5.71 Å². The van der Waals surface area contributed by atoms with E-state index in [9.17, 15) is 13.2 Å². The van der Waals surface area contributed by atoms with Crippen LogP contribution in [0.15, 0.2) is 76.6 Å². The van der Waals surface area contributed by atoms with Crippen LogP contribution < -0.4 is 0 Å². The minimum Gasteiger partial charge on any atom is -0.460 e. The molecule has 1 aromatic heterocycles. The first-order valence-corrected chi connectivity index (χ1v) is 13.4. The number of hydrogen-bond donors (Lipinski definition) is 0. The third-order valence-electron chi connectivity index (χ3n) is 5.89. The predicted octanol–water partition coefficient (Wildman–Crippen LogP) is 4.84. The van der Waals surface area contributed by atoms with Crippen LogP contribution in [0, 0.1) is 0 Å². The summed E-state index contributed by atoms with van der Waals surface area (Å²) in [5.74, 6) is -0.786. The maximum absolute atomic E-state index is 12.9. The number of hydrogen-bond acceptors (Lipinski definition) is 7. The van der Waals surface area contributed by atoms with Gasteiger partial charge in [-0.2, -0.15) is 11.3 Å². The summed E-state index contributed by atoms with van der Waals surface area (Å²) < 4.78 is 28.8. The Kier molecular flexibility index (Phi) is 6.67. The van der Waals surface area contributed by atoms with Gasteiger partial charge in [-0.25, -0.2) is 8.42 Å². The number of carbonyl (C=O) groups excluding carboxylic acids is 1. The fourth-order valence-corrected chi connectivity index (χ4v) is 5.20. The zero-order chi connectivity index (χ0) is 23.5. The summed E-state index contributed by atoms with van der Waals surface area (Å²) in [7, 11) is -3.77. The highest BCUT2D eigenvalue weighted by Gasteiger charge is 2.48. The standard InChI is InChI=1S/C25H25NO5S2/c1-25(33(2,28)29,24(27)30-16-18-6-4-3-5-7-18)15-22-14-23(26-31-22)20-10-8-19(9-11-20)21-12-13-32-17-21/h3-13,17,22H,14-16H2,1-2H3. The Hall–Kier alpha value is -2.97. The fourth-order valence-electron chi connectivity index (χ4n) is 3.69. The minimum absolute atomic E-state index is 0.00847. The van der Waals surface area contributed by atoms with Crippen molar-refractivity contribution >= 4 is 32.9 Å². The van der Waals surface area contributed by atoms with Crippen LogP contribution in [0.3, 0.4) is 0 Å². The van der Waals surface area contributed by atoms with Crippen LogP contribution in [-0.2, 0) is 30.8 Å². The van der Waals surface area contributed by atoms with Gasteiger partial charge < -0.3 is 9.57 Å². The minimum atomic E-state index is -3.77. The summed E-state index contributed by atoms with van der Waals surface area (Å²) >= 11 is 1.65. The molecule has 2 unspecified atom stereocenters. The van der Waals surface area contributed by atoms with Gasteiger partial charge in [0.15, 0.2) is 14.6 Å². The summed E-state index contributed by atoms with van der Waals surface area (Å²) in [6.45, 7) is 1.40. The molecule has 33 heavy (non-hydrogen) atoms. The first-order chi connectivity index (χ1) is 15.8. The van der Waals surface area contributed by atoms with Gasteiger partial charge in [0.2, 0.25) is 0 Å². The lowest BCUT2D eigenvalue weighted by Crippen LogP contribution is -2.46. The normalized spacial score (nSPS) is 17.6. The van der Waals surface area contributed by atoms with Crippen LogP contribution in [0.1, 0.15) is 30.9 Å². The quantitative estimate of drug-likeness (QED) is 0.428. The van der Waals surface area contributed by atoms with Crippen molar-refractivity contribution in [2.75, 3.05) is 6.26 Å². The molecule has 172 valence electrons. The number of esters is 1. The van der Waals surface area contributed by atoms with E-state index in [-0.39, 0.29) is 13.0 Å². The van der Waals surface area contributed by atoms with E-state index < -0.39 is 26.7 Å². The molecule has 1 aliphatic rings. The number of thiophene rings is 1. The number of nitrogens with zero attached hydrogens (tertiary/aromatic N) is 1. The molecular formula is C25H25NO5S2. The number of benzene rings is 2. The second-order valence-electron chi connectivity index (χ2n) is 8.33. The van der Waals surface area contributed by atoms with Crippen molar-refractivity contribution in [3.05, 3.63) is 82.6 Å². The third-order valence-corrected chi connectivity index (χ3v) is 8.54. The average Bonchev–Trinajstić information content (AvgIpc) is 3.50. The lowest BCUT2D eigenvalue weighted by atomic mass is 9.96. The maximum Gasteiger partial charge on any atom is 0.327 e. The van der Waals surface area contributed by atoms with Crippen molar-refractivity contribution in [3.8, 4) is 11.1 Å². The van der Waals surface area contributed by atoms with Gasteiger partial charge >= 0.3 is 5.97 Å². The fraction of sp³-hybridized carbons (Fsp3) is 0.280. The van der Waals surface area contributed by atoms with E-state index in [4.69, 9.17) is 9.57 Å². The Bertz CT molecular complexity index is 1240. The largest absolute Gasteiger partial charge is 0.460 e. The maximum atomic E-state index is 12.9. The number of carbonyl (C=O) groups is 1.